The summed E-state index contributed by atoms with van der Waals surface area (Å²) in [5.74, 6) is 7.35. The summed E-state index contributed by atoms with van der Waals surface area (Å²) >= 11 is 0. The van der Waals surface area contributed by atoms with Gasteiger partial charge in [0.1, 0.15) is 11.5 Å². The highest BCUT2D eigenvalue weighted by molar-refractivity contribution is 5.27. The third-order valence-corrected chi connectivity index (χ3v) is 6.33. The lowest BCUT2D eigenvalue weighted by atomic mass is 9.51. The minimum atomic E-state index is 0.762. The largest absolute Gasteiger partial charge is 0.464 e. The van der Waals surface area contributed by atoms with Crippen LogP contribution >= 0.6 is 0 Å². The van der Waals surface area contributed by atoms with Gasteiger partial charge in [-0.25, -0.2) is 0 Å². The van der Waals surface area contributed by atoms with E-state index in [1.54, 1.807) is 0 Å². The second kappa shape index (κ2) is 3.88. The summed E-state index contributed by atoms with van der Waals surface area (Å²) in [4.78, 5) is 0. The van der Waals surface area contributed by atoms with Crippen molar-refractivity contribution in [3.63, 3.8) is 0 Å². The number of nitrogens with one attached hydrogen (secondary N) is 1. The van der Waals surface area contributed by atoms with Crippen LogP contribution in [0.25, 0.3) is 0 Å². The predicted octanol–water partition coefficient (Wildman–Crippen LogP) is 3.47. The van der Waals surface area contributed by atoms with Gasteiger partial charge in [-0.2, -0.15) is 0 Å². The van der Waals surface area contributed by atoms with Gasteiger partial charge in [0.15, 0.2) is 0 Å². The van der Waals surface area contributed by atoms with E-state index < -0.39 is 0 Å². The molecule has 0 unspecified atom stereocenters. The van der Waals surface area contributed by atoms with Crippen LogP contribution < -0.4 is 5.32 Å². The number of fused-ring (bicyclic) bond motifs is 1. The van der Waals surface area contributed by atoms with Crippen molar-refractivity contribution >= 4 is 0 Å². The average Bonchev–Trinajstić information content (AvgIpc) is 2.80. The molecule has 0 radical (unpaired) electrons. The molecule has 2 heteroatoms. The van der Waals surface area contributed by atoms with Crippen LogP contribution in [0, 0.1) is 23.7 Å². The van der Waals surface area contributed by atoms with Gasteiger partial charge in [0.2, 0.25) is 0 Å². The van der Waals surface area contributed by atoms with E-state index in [0.717, 1.165) is 49.1 Å². The lowest BCUT2D eigenvalue weighted by Gasteiger charge is -2.53. The molecule has 4 saturated carbocycles. The van der Waals surface area contributed by atoms with Gasteiger partial charge in [0, 0.05) is 5.92 Å². The summed E-state index contributed by atoms with van der Waals surface area (Å²) in [6.07, 6.45) is 8.65. The standard InChI is InChI=1S/C17H23NO/c1-2-18-9-16-12(1)8-15(19-16)17-13-4-10-3-11(6-13)7-14(17)5-10/h8,10-11,13-14,17-18H,1-7,9H2. The van der Waals surface area contributed by atoms with Crippen molar-refractivity contribution in [3.8, 4) is 0 Å². The average molecular weight is 257 g/mol. The zero-order chi connectivity index (χ0) is 12.4. The number of rotatable bonds is 1. The fourth-order valence-electron chi connectivity index (χ4n) is 5.83. The van der Waals surface area contributed by atoms with Crippen LogP contribution in [0.2, 0.25) is 0 Å². The van der Waals surface area contributed by atoms with Crippen LogP contribution in [0.4, 0.5) is 0 Å². The highest BCUT2D eigenvalue weighted by Gasteiger charge is 2.49. The summed E-state index contributed by atoms with van der Waals surface area (Å²) in [5, 5.41) is 3.43. The zero-order valence-corrected chi connectivity index (χ0v) is 11.5. The first-order valence-corrected chi connectivity index (χ1v) is 8.19. The Hall–Kier alpha value is -0.760. The maximum Gasteiger partial charge on any atom is 0.121 e. The van der Waals surface area contributed by atoms with Crippen molar-refractivity contribution in [2.45, 2.75) is 51.0 Å². The molecular formula is C17H23NO. The molecule has 0 aromatic carbocycles. The van der Waals surface area contributed by atoms with Crippen molar-refractivity contribution in [2.24, 2.45) is 23.7 Å². The van der Waals surface area contributed by atoms with Crippen LogP contribution in [0.5, 0.6) is 0 Å². The van der Waals surface area contributed by atoms with E-state index in [4.69, 9.17) is 4.42 Å². The first kappa shape index (κ1) is 11.0. The van der Waals surface area contributed by atoms with E-state index in [1.807, 2.05) is 0 Å². The molecule has 102 valence electrons. The molecule has 0 atom stereocenters. The third-order valence-electron chi connectivity index (χ3n) is 6.33. The van der Waals surface area contributed by atoms with Gasteiger partial charge in [-0.3, -0.25) is 0 Å². The normalized spacial score (nSPS) is 43.5. The van der Waals surface area contributed by atoms with Crippen molar-refractivity contribution < 1.29 is 4.42 Å². The van der Waals surface area contributed by atoms with Crippen molar-refractivity contribution in [1.82, 2.24) is 5.32 Å². The minimum absolute atomic E-state index is 0.762. The molecule has 0 amide bonds. The first-order chi connectivity index (χ1) is 9.37. The van der Waals surface area contributed by atoms with Gasteiger partial charge >= 0.3 is 0 Å². The Morgan fingerprint density at radius 3 is 2.42 bits per heavy atom. The van der Waals surface area contributed by atoms with Crippen LogP contribution in [0.1, 0.15) is 55.1 Å². The number of furan rings is 1. The summed E-state index contributed by atoms with van der Waals surface area (Å²) in [6.45, 7) is 2.07. The van der Waals surface area contributed by atoms with E-state index in [-0.39, 0.29) is 0 Å². The molecule has 2 nitrogen and oxygen atoms in total. The third kappa shape index (κ3) is 1.59. The highest BCUT2D eigenvalue weighted by atomic mass is 16.3. The fourth-order valence-corrected chi connectivity index (χ4v) is 5.83. The van der Waals surface area contributed by atoms with E-state index >= 15 is 0 Å². The monoisotopic (exact) mass is 257 g/mol. The van der Waals surface area contributed by atoms with Crippen molar-refractivity contribution in [3.05, 3.63) is 23.2 Å². The van der Waals surface area contributed by atoms with Crippen molar-refractivity contribution in [1.29, 1.82) is 0 Å². The molecule has 1 N–H and O–H groups in total. The smallest absolute Gasteiger partial charge is 0.121 e. The van der Waals surface area contributed by atoms with Gasteiger partial charge in [-0.15, -0.1) is 0 Å². The fraction of sp³-hybridized carbons (Fsp3) is 0.765. The second-order valence-electron chi connectivity index (χ2n) is 7.48. The van der Waals surface area contributed by atoms with Crippen LogP contribution in [0.15, 0.2) is 10.5 Å². The Morgan fingerprint density at radius 1 is 1.00 bits per heavy atom. The molecule has 0 spiro atoms. The SMILES string of the molecule is c1c(C2C3CC4CC(C3)CC2C4)oc2c1CCNC2. The van der Waals surface area contributed by atoms with Gasteiger partial charge < -0.3 is 9.73 Å². The summed E-state index contributed by atoms with van der Waals surface area (Å²) < 4.78 is 6.27. The highest BCUT2D eigenvalue weighted by Crippen LogP contribution is 2.60. The minimum Gasteiger partial charge on any atom is -0.464 e. The zero-order valence-electron chi connectivity index (χ0n) is 11.5. The molecule has 4 fully saturated rings. The van der Waals surface area contributed by atoms with E-state index in [2.05, 4.69) is 11.4 Å². The molecule has 2 heterocycles. The molecule has 1 aromatic rings. The van der Waals surface area contributed by atoms with Gasteiger partial charge in [0.25, 0.3) is 0 Å². The van der Waals surface area contributed by atoms with Crippen LogP contribution in [-0.2, 0) is 13.0 Å². The van der Waals surface area contributed by atoms with E-state index in [0.29, 0.717) is 0 Å². The first-order valence-electron chi connectivity index (χ1n) is 8.19. The number of hydrogen-bond acceptors (Lipinski definition) is 2. The molecule has 6 rings (SSSR count). The quantitative estimate of drug-likeness (QED) is 0.833. The molecular weight excluding hydrogens is 234 g/mol. The summed E-state index contributed by atoms with van der Waals surface area (Å²) in [5.41, 5.74) is 1.49. The lowest BCUT2D eigenvalue weighted by Crippen LogP contribution is -2.43. The number of hydrogen-bond donors (Lipinski definition) is 1. The Bertz CT molecular complexity index is 452. The van der Waals surface area contributed by atoms with Gasteiger partial charge in [0.05, 0.1) is 6.54 Å². The Balaban J connectivity index is 1.50. The Kier molecular flexibility index (Phi) is 2.24. The lowest BCUT2D eigenvalue weighted by molar-refractivity contribution is -0.00994. The van der Waals surface area contributed by atoms with Gasteiger partial charge in [-0.05, 0) is 80.4 Å². The maximum atomic E-state index is 6.27. The van der Waals surface area contributed by atoms with Crippen LogP contribution in [0.3, 0.4) is 0 Å². The molecule has 5 aliphatic rings. The van der Waals surface area contributed by atoms with E-state index in [1.165, 1.54) is 49.2 Å². The summed E-state index contributed by atoms with van der Waals surface area (Å²) in [7, 11) is 0. The molecule has 4 aliphatic carbocycles. The Labute approximate surface area is 114 Å². The van der Waals surface area contributed by atoms with Gasteiger partial charge in [-0.1, -0.05) is 0 Å². The maximum absolute atomic E-state index is 6.27. The predicted molar refractivity (Wildman–Crippen MR) is 73.9 cm³/mol. The van der Waals surface area contributed by atoms with Crippen molar-refractivity contribution in [2.75, 3.05) is 6.54 Å². The topological polar surface area (TPSA) is 25.2 Å². The molecule has 1 aliphatic heterocycles. The second-order valence-corrected chi connectivity index (χ2v) is 7.48. The molecule has 0 saturated heterocycles. The molecule has 1 aromatic heterocycles. The summed E-state index contributed by atoms with van der Waals surface area (Å²) in [6, 6.07) is 2.42. The molecule has 4 bridgehead atoms. The van der Waals surface area contributed by atoms with E-state index in [9.17, 15) is 0 Å². The Morgan fingerprint density at radius 2 is 1.74 bits per heavy atom. The molecule has 19 heavy (non-hydrogen) atoms. The van der Waals surface area contributed by atoms with Crippen LogP contribution in [-0.4, -0.2) is 6.54 Å².